The first-order valence-corrected chi connectivity index (χ1v) is 9.71. The number of fused-ring (bicyclic) bond motifs is 4. The first-order chi connectivity index (χ1) is 12.0. The molecule has 4 atom stereocenters. The molecule has 0 N–H and O–H groups in total. The number of likely N-dealkylation sites (tertiary alicyclic amines) is 1. The summed E-state index contributed by atoms with van der Waals surface area (Å²) in [6.07, 6.45) is 8.82. The predicted octanol–water partition coefficient (Wildman–Crippen LogP) is 1.30. The number of rotatable bonds is 3. The number of hydrogen-bond acceptors (Lipinski definition) is 4. The minimum Gasteiger partial charge on any atom is -0.335 e. The van der Waals surface area contributed by atoms with Gasteiger partial charge in [0.05, 0.1) is 0 Å². The number of imidazole rings is 1. The molecule has 3 fully saturated rings. The fourth-order valence-corrected chi connectivity index (χ4v) is 5.41. The van der Waals surface area contributed by atoms with E-state index in [1.54, 1.807) is 6.20 Å². The lowest BCUT2D eigenvalue weighted by atomic mass is 9.72. The van der Waals surface area contributed by atoms with Crippen LogP contribution in [0.3, 0.4) is 0 Å². The number of likely N-dealkylation sites (N-methyl/N-ethyl adjacent to an activating group) is 1. The van der Waals surface area contributed by atoms with Crippen LogP contribution in [0.15, 0.2) is 12.4 Å². The van der Waals surface area contributed by atoms with E-state index in [1.807, 2.05) is 17.8 Å². The average Bonchev–Trinajstić information content (AvgIpc) is 3.03. The van der Waals surface area contributed by atoms with Gasteiger partial charge in [-0.05, 0) is 51.7 Å². The molecule has 0 spiro atoms. The number of carbonyl (C=O) groups is 1. The van der Waals surface area contributed by atoms with Crippen molar-refractivity contribution in [3.05, 3.63) is 18.2 Å². The standard InChI is InChI=1S/C19H31N5O/c1-21(2)13-17-15-10-14(16-6-4-5-8-24(16)17)11-23(12-15)19(25)18-20-7-9-22(18)3/h7,9,14-17H,4-6,8,10-13H2,1-3H3/t14-,15+,16+,17+/m1/s1. The molecule has 3 aliphatic heterocycles. The fourth-order valence-electron chi connectivity index (χ4n) is 5.41. The van der Waals surface area contributed by atoms with E-state index >= 15 is 0 Å². The molecule has 2 bridgehead atoms. The van der Waals surface area contributed by atoms with Crippen LogP contribution in [-0.4, -0.2) is 82.5 Å². The third kappa shape index (κ3) is 3.10. The molecule has 6 nitrogen and oxygen atoms in total. The van der Waals surface area contributed by atoms with Crippen molar-refractivity contribution < 1.29 is 4.79 Å². The van der Waals surface area contributed by atoms with Gasteiger partial charge in [-0.2, -0.15) is 0 Å². The molecule has 138 valence electrons. The number of hydrogen-bond donors (Lipinski definition) is 0. The van der Waals surface area contributed by atoms with Gasteiger partial charge < -0.3 is 14.4 Å². The molecule has 25 heavy (non-hydrogen) atoms. The van der Waals surface area contributed by atoms with Crippen LogP contribution >= 0.6 is 0 Å². The Morgan fingerprint density at radius 3 is 2.80 bits per heavy atom. The highest BCUT2D eigenvalue weighted by molar-refractivity contribution is 5.90. The Morgan fingerprint density at radius 2 is 2.08 bits per heavy atom. The van der Waals surface area contributed by atoms with Gasteiger partial charge in [-0.1, -0.05) is 6.42 Å². The van der Waals surface area contributed by atoms with Crippen LogP contribution in [0.25, 0.3) is 0 Å². The van der Waals surface area contributed by atoms with E-state index in [4.69, 9.17) is 0 Å². The number of piperidine rings is 3. The largest absolute Gasteiger partial charge is 0.335 e. The third-order valence-electron chi connectivity index (χ3n) is 6.47. The normalized spacial score (nSPS) is 32.7. The van der Waals surface area contributed by atoms with Crippen LogP contribution < -0.4 is 0 Å². The predicted molar refractivity (Wildman–Crippen MR) is 97.4 cm³/mol. The van der Waals surface area contributed by atoms with E-state index in [9.17, 15) is 4.79 Å². The van der Waals surface area contributed by atoms with Crippen LogP contribution in [0.2, 0.25) is 0 Å². The second-order valence-corrected chi connectivity index (χ2v) is 8.46. The molecule has 3 aliphatic rings. The van der Waals surface area contributed by atoms with Crippen molar-refractivity contribution in [1.82, 2.24) is 24.3 Å². The van der Waals surface area contributed by atoms with Crippen molar-refractivity contribution in [2.45, 2.75) is 37.8 Å². The minimum absolute atomic E-state index is 0.107. The third-order valence-corrected chi connectivity index (χ3v) is 6.47. The molecule has 1 aromatic heterocycles. The zero-order chi connectivity index (χ0) is 17.6. The molecular formula is C19H31N5O. The topological polar surface area (TPSA) is 44.6 Å². The molecule has 0 aliphatic carbocycles. The van der Waals surface area contributed by atoms with E-state index in [2.05, 4.69) is 33.8 Å². The lowest BCUT2D eigenvalue weighted by Gasteiger charge is -2.57. The second-order valence-electron chi connectivity index (χ2n) is 8.46. The van der Waals surface area contributed by atoms with Gasteiger partial charge in [0, 0.05) is 51.2 Å². The van der Waals surface area contributed by atoms with Gasteiger partial charge in [0.2, 0.25) is 0 Å². The van der Waals surface area contributed by atoms with Gasteiger partial charge in [0.25, 0.3) is 5.91 Å². The van der Waals surface area contributed by atoms with E-state index in [-0.39, 0.29) is 5.91 Å². The molecule has 4 heterocycles. The highest BCUT2D eigenvalue weighted by atomic mass is 16.2. The summed E-state index contributed by atoms with van der Waals surface area (Å²) in [6, 6.07) is 1.24. The van der Waals surface area contributed by atoms with Gasteiger partial charge in [-0.25, -0.2) is 4.98 Å². The van der Waals surface area contributed by atoms with Crippen LogP contribution in [-0.2, 0) is 7.05 Å². The van der Waals surface area contributed by atoms with Crippen LogP contribution in [0.5, 0.6) is 0 Å². The smallest absolute Gasteiger partial charge is 0.289 e. The van der Waals surface area contributed by atoms with Gasteiger partial charge in [0.1, 0.15) is 0 Å². The number of amides is 1. The lowest BCUT2D eigenvalue weighted by molar-refractivity contribution is -0.0704. The molecule has 0 unspecified atom stereocenters. The monoisotopic (exact) mass is 345 g/mol. The van der Waals surface area contributed by atoms with E-state index in [1.165, 1.54) is 32.2 Å². The van der Waals surface area contributed by atoms with Gasteiger partial charge in [0.15, 0.2) is 5.82 Å². The first-order valence-electron chi connectivity index (χ1n) is 9.71. The Morgan fingerprint density at radius 1 is 1.28 bits per heavy atom. The van der Waals surface area contributed by atoms with Gasteiger partial charge in [-0.15, -0.1) is 0 Å². The van der Waals surface area contributed by atoms with Crippen molar-refractivity contribution in [2.75, 3.05) is 40.3 Å². The van der Waals surface area contributed by atoms with E-state index in [0.29, 0.717) is 29.7 Å². The maximum absolute atomic E-state index is 13.0. The van der Waals surface area contributed by atoms with E-state index in [0.717, 1.165) is 19.6 Å². The maximum atomic E-state index is 13.0. The molecular weight excluding hydrogens is 314 g/mol. The van der Waals surface area contributed by atoms with Crippen LogP contribution in [0, 0.1) is 11.8 Å². The summed E-state index contributed by atoms with van der Waals surface area (Å²) in [4.78, 5) is 24.5. The molecule has 0 radical (unpaired) electrons. The minimum atomic E-state index is 0.107. The summed E-state index contributed by atoms with van der Waals surface area (Å²) >= 11 is 0. The Labute approximate surface area is 150 Å². The molecule has 6 heteroatoms. The fraction of sp³-hybridized carbons (Fsp3) is 0.789. The number of carbonyl (C=O) groups excluding carboxylic acids is 1. The van der Waals surface area contributed by atoms with Crippen molar-refractivity contribution in [3.63, 3.8) is 0 Å². The van der Waals surface area contributed by atoms with Crippen molar-refractivity contribution in [1.29, 1.82) is 0 Å². The molecule has 0 aromatic carbocycles. The highest BCUT2D eigenvalue weighted by Crippen LogP contribution is 2.41. The summed E-state index contributed by atoms with van der Waals surface area (Å²) in [6.45, 7) is 4.11. The Hall–Kier alpha value is -1.40. The zero-order valence-corrected chi connectivity index (χ0v) is 15.8. The quantitative estimate of drug-likeness (QED) is 0.828. The van der Waals surface area contributed by atoms with Crippen molar-refractivity contribution in [2.24, 2.45) is 18.9 Å². The van der Waals surface area contributed by atoms with Gasteiger partial charge in [-0.3, -0.25) is 9.69 Å². The van der Waals surface area contributed by atoms with Crippen LogP contribution in [0.1, 0.15) is 36.3 Å². The maximum Gasteiger partial charge on any atom is 0.289 e. The van der Waals surface area contributed by atoms with Crippen molar-refractivity contribution >= 4 is 5.91 Å². The van der Waals surface area contributed by atoms with Crippen LogP contribution in [0.4, 0.5) is 0 Å². The second kappa shape index (κ2) is 6.72. The first kappa shape index (κ1) is 17.0. The molecule has 4 rings (SSSR count). The van der Waals surface area contributed by atoms with Gasteiger partial charge >= 0.3 is 0 Å². The summed E-state index contributed by atoms with van der Waals surface area (Å²) in [7, 11) is 6.25. The summed E-state index contributed by atoms with van der Waals surface area (Å²) in [5, 5.41) is 0. The zero-order valence-electron chi connectivity index (χ0n) is 15.8. The Bertz CT molecular complexity index is 627. The average molecular weight is 345 g/mol. The number of aromatic nitrogens is 2. The SMILES string of the molecule is CN(C)C[C@H]1[C@H]2C[C@H](CN(C(=O)c3nccn3C)C2)[C@@H]2CCCCN21. The number of aryl methyl sites for hydroxylation is 1. The summed E-state index contributed by atoms with van der Waals surface area (Å²) < 4.78 is 1.84. The highest BCUT2D eigenvalue weighted by Gasteiger charge is 2.48. The molecule has 1 aromatic rings. The van der Waals surface area contributed by atoms with E-state index < -0.39 is 0 Å². The summed E-state index contributed by atoms with van der Waals surface area (Å²) in [5.74, 6) is 1.89. The lowest BCUT2D eigenvalue weighted by Crippen LogP contribution is -2.66. The Kier molecular flexibility index (Phi) is 4.58. The number of nitrogens with zero attached hydrogens (tertiary/aromatic N) is 5. The molecule has 1 amide bonds. The Balaban J connectivity index is 1.58. The molecule has 0 saturated carbocycles. The molecule has 3 saturated heterocycles. The van der Waals surface area contributed by atoms with Crippen molar-refractivity contribution in [3.8, 4) is 0 Å². The summed E-state index contributed by atoms with van der Waals surface area (Å²) in [5.41, 5.74) is 0.